The molecule has 5 heteroatoms. The number of thiophene rings is 1. The number of hydrogen-bond donors (Lipinski definition) is 2. The van der Waals surface area contributed by atoms with E-state index in [1.54, 1.807) is 18.2 Å². The summed E-state index contributed by atoms with van der Waals surface area (Å²) >= 11 is 1.51. The van der Waals surface area contributed by atoms with Crippen LogP contribution in [0.4, 0.5) is 0 Å². The van der Waals surface area contributed by atoms with E-state index in [9.17, 15) is 9.59 Å². The van der Waals surface area contributed by atoms with Crippen LogP contribution in [0.5, 0.6) is 0 Å². The molecule has 1 atom stereocenters. The van der Waals surface area contributed by atoms with Crippen molar-refractivity contribution in [2.45, 2.75) is 40.2 Å². The molecule has 0 unspecified atom stereocenters. The summed E-state index contributed by atoms with van der Waals surface area (Å²) in [5, 5.41) is 7.85. The van der Waals surface area contributed by atoms with E-state index in [1.165, 1.54) is 22.5 Å². The standard InChI is InChI=1S/C26H28N2O2S/c1-5-23(20-12-11-18(3)19(4)15-20)27-26(30)24(16-22-10-7-13-31-22)28-25(29)21-9-6-8-17(2)14-21/h6-16,23H,5H2,1-4H3,(H,27,30)(H,28,29)/b24-16-/t23-/m1/s1. The van der Waals surface area contributed by atoms with Gasteiger partial charge in [-0.2, -0.15) is 0 Å². The van der Waals surface area contributed by atoms with Gasteiger partial charge in [0.25, 0.3) is 11.8 Å². The smallest absolute Gasteiger partial charge is 0.268 e. The predicted molar refractivity (Wildman–Crippen MR) is 128 cm³/mol. The molecule has 0 saturated heterocycles. The zero-order valence-electron chi connectivity index (χ0n) is 18.4. The first-order valence-electron chi connectivity index (χ1n) is 10.4. The zero-order valence-corrected chi connectivity index (χ0v) is 19.2. The number of aryl methyl sites for hydroxylation is 3. The van der Waals surface area contributed by atoms with Crippen molar-refractivity contribution >= 4 is 29.2 Å². The van der Waals surface area contributed by atoms with Crippen LogP contribution >= 0.6 is 11.3 Å². The van der Waals surface area contributed by atoms with Gasteiger partial charge in [0.2, 0.25) is 0 Å². The minimum Gasteiger partial charge on any atom is -0.344 e. The van der Waals surface area contributed by atoms with Gasteiger partial charge in [0.05, 0.1) is 6.04 Å². The molecule has 0 bridgehead atoms. The van der Waals surface area contributed by atoms with Crippen molar-refractivity contribution in [2.75, 3.05) is 0 Å². The lowest BCUT2D eigenvalue weighted by atomic mass is 9.99. The van der Waals surface area contributed by atoms with Crippen molar-refractivity contribution < 1.29 is 9.59 Å². The summed E-state index contributed by atoms with van der Waals surface area (Å²) in [4.78, 5) is 26.9. The molecule has 0 aliphatic rings. The van der Waals surface area contributed by atoms with Gasteiger partial charge in [0.15, 0.2) is 0 Å². The van der Waals surface area contributed by atoms with Crippen molar-refractivity contribution in [3.05, 3.63) is 98.4 Å². The highest BCUT2D eigenvalue weighted by Crippen LogP contribution is 2.21. The normalized spacial score (nSPS) is 12.3. The fourth-order valence-electron chi connectivity index (χ4n) is 3.29. The molecule has 0 spiro atoms. The lowest BCUT2D eigenvalue weighted by molar-refractivity contribution is -0.118. The molecule has 160 valence electrons. The largest absolute Gasteiger partial charge is 0.344 e. The molecule has 1 aromatic heterocycles. The maximum absolute atomic E-state index is 13.2. The topological polar surface area (TPSA) is 58.2 Å². The maximum Gasteiger partial charge on any atom is 0.268 e. The molecule has 3 aromatic rings. The number of carbonyl (C=O) groups is 2. The molecule has 0 aliphatic carbocycles. The summed E-state index contributed by atoms with van der Waals surface area (Å²) < 4.78 is 0. The maximum atomic E-state index is 13.2. The minimum atomic E-state index is -0.306. The quantitative estimate of drug-likeness (QED) is 0.470. The van der Waals surface area contributed by atoms with E-state index in [4.69, 9.17) is 0 Å². The second-order valence-electron chi connectivity index (χ2n) is 7.68. The Morgan fingerprint density at radius 1 is 1.00 bits per heavy atom. The van der Waals surface area contributed by atoms with Gasteiger partial charge < -0.3 is 10.6 Å². The average molecular weight is 433 g/mol. The van der Waals surface area contributed by atoms with Crippen molar-refractivity contribution in [1.82, 2.24) is 10.6 Å². The summed E-state index contributed by atoms with van der Waals surface area (Å²) in [5.74, 6) is -0.611. The van der Waals surface area contributed by atoms with Crippen LogP contribution in [-0.4, -0.2) is 11.8 Å². The van der Waals surface area contributed by atoms with E-state index in [0.717, 1.165) is 22.4 Å². The summed E-state index contributed by atoms with van der Waals surface area (Å²) in [6, 6.07) is 17.2. The summed E-state index contributed by atoms with van der Waals surface area (Å²) in [6.07, 6.45) is 2.47. The van der Waals surface area contributed by atoms with Gasteiger partial charge in [0, 0.05) is 10.4 Å². The molecule has 0 aliphatic heterocycles. The van der Waals surface area contributed by atoms with Crippen molar-refractivity contribution in [3.8, 4) is 0 Å². The van der Waals surface area contributed by atoms with Crippen LogP contribution in [0.2, 0.25) is 0 Å². The van der Waals surface area contributed by atoms with Crippen LogP contribution < -0.4 is 10.6 Å². The van der Waals surface area contributed by atoms with Crippen molar-refractivity contribution in [2.24, 2.45) is 0 Å². The Morgan fingerprint density at radius 2 is 1.81 bits per heavy atom. The third kappa shape index (κ3) is 5.92. The van der Waals surface area contributed by atoms with Crippen LogP contribution in [0.15, 0.2) is 65.7 Å². The number of hydrogen-bond acceptors (Lipinski definition) is 3. The first-order chi connectivity index (χ1) is 14.9. The number of amides is 2. The molecule has 2 N–H and O–H groups in total. The molecule has 2 aromatic carbocycles. The summed E-state index contributed by atoms with van der Waals surface area (Å²) in [6.45, 7) is 8.11. The lowest BCUT2D eigenvalue weighted by Crippen LogP contribution is -2.36. The highest BCUT2D eigenvalue weighted by atomic mass is 32.1. The third-order valence-corrected chi connectivity index (χ3v) is 6.07. The average Bonchev–Trinajstić information content (AvgIpc) is 3.26. The molecule has 0 saturated carbocycles. The van der Waals surface area contributed by atoms with Crippen LogP contribution in [0.1, 0.15) is 56.9 Å². The Bertz CT molecular complexity index is 1100. The molecule has 0 fully saturated rings. The first kappa shape index (κ1) is 22.5. The van der Waals surface area contributed by atoms with Gasteiger partial charge in [0.1, 0.15) is 5.70 Å². The highest BCUT2D eigenvalue weighted by molar-refractivity contribution is 7.10. The molecule has 3 rings (SSSR count). The second kappa shape index (κ2) is 10.2. The van der Waals surface area contributed by atoms with Crippen LogP contribution in [-0.2, 0) is 4.79 Å². The molecule has 0 radical (unpaired) electrons. The fourth-order valence-corrected chi connectivity index (χ4v) is 3.95. The number of carbonyl (C=O) groups excluding carboxylic acids is 2. The van der Waals surface area contributed by atoms with Crippen LogP contribution in [0.3, 0.4) is 0 Å². The van der Waals surface area contributed by atoms with Crippen molar-refractivity contribution in [3.63, 3.8) is 0 Å². The van der Waals surface area contributed by atoms with Crippen molar-refractivity contribution in [1.29, 1.82) is 0 Å². The minimum absolute atomic E-state index is 0.144. The van der Waals surface area contributed by atoms with Gasteiger partial charge >= 0.3 is 0 Å². The fraction of sp³-hybridized carbons (Fsp3) is 0.231. The molecular formula is C26H28N2O2S. The Hall–Kier alpha value is -3.18. The van der Waals surface area contributed by atoms with Crippen LogP contribution in [0.25, 0.3) is 6.08 Å². The third-order valence-electron chi connectivity index (χ3n) is 5.25. The first-order valence-corrected chi connectivity index (χ1v) is 11.3. The van der Waals surface area contributed by atoms with Gasteiger partial charge in [-0.3, -0.25) is 9.59 Å². The Morgan fingerprint density at radius 3 is 2.45 bits per heavy atom. The van der Waals surface area contributed by atoms with Gasteiger partial charge in [-0.25, -0.2) is 0 Å². The van der Waals surface area contributed by atoms with Gasteiger partial charge in [-0.15, -0.1) is 11.3 Å². The summed E-state index contributed by atoms with van der Waals surface area (Å²) in [5.41, 5.74) is 5.20. The number of rotatable bonds is 7. The highest BCUT2D eigenvalue weighted by Gasteiger charge is 2.19. The van der Waals surface area contributed by atoms with E-state index in [-0.39, 0.29) is 23.6 Å². The van der Waals surface area contributed by atoms with Crippen LogP contribution in [0, 0.1) is 20.8 Å². The molecule has 2 amide bonds. The Labute approximate surface area is 188 Å². The van der Waals surface area contributed by atoms with E-state index in [2.05, 4.69) is 36.6 Å². The number of benzene rings is 2. The molecule has 4 nitrogen and oxygen atoms in total. The van der Waals surface area contributed by atoms with E-state index in [0.29, 0.717) is 5.56 Å². The second-order valence-corrected chi connectivity index (χ2v) is 8.65. The van der Waals surface area contributed by atoms with E-state index in [1.807, 2.05) is 49.6 Å². The summed E-state index contributed by atoms with van der Waals surface area (Å²) in [7, 11) is 0. The van der Waals surface area contributed by atoms with Gasteiger partial charge in [-0.1, -0.05) is 48.9 Å². The Kier molecular flexibility index (Phi) is 7.42. The predicted octanol–water partition coefficient (Wildman–Crippen LogP) is 5.71. The van der Waals surface area contributed by atoms with E-state index >= 15 is 0 Å². The zero-order chi connectivity index (χ0) is 22.4. The lowest BCUT2D eigenvalue weighted by Gasteiger charge is -2.20. The molecular weight excluding hydrogens is 404 g/mol. The van der Waals surface area contributed by atoms with Gasteiger partial charge in [-0.05, 0) is 73.5 Å². The monoisotopic (exact) mass is 432 g/mol. The number of nitrogens with one attached hydrogen (secondary N) is 2. The van der Waals surface area contributed by atoms with E-state index < -0.39 is 0 Å². The Balaban J connectivity index is 1.85. The molecule has 31 heavy (non-hydrogen) atoms. The molecule has 1 heterocycles. The SMILES string of the molecule is CC[C@@H](NC(=O)/C(=C/c1cccs1)NC(=O)c1cccc(C)c1)c1ccc(C)c(C)c1.